The van der Waals surface area contributed by atoms with E-state index in [1.54, 1.807) is 7.05 Å². The molecule has 0 spiro atoms. The minimum absolute atomic E-state index is 0.164. The van der Waals surface area contributed by atoms with E-state index in [1.165, 1.54) is 6.92 Å². The molecule has 4 heteroatoms. The van der Waals surface area contributed by atoms with Gasteiger partial charge in [-0.05, 0) is 5.41 Å². The summed E-state index contributed by atoms with van der Waals surface area (Å²) < 4.78 is 0. The predicted octanol–water partition coefficient (Wildman–Crippen LogP) is 0.283. The van der Waals surface area contributed by atoms with Crippen molar-refractivity contribution in [3.05, 3.63) is 0 Å². The topological polar surface area (TPSA) is 58.2 Å². The van der Waals surface area contributed by atoms with Crippen LogP contribution in [0.4, 0.5) is 0 Å². The highest BCUT2D eigenvalue weighted by molar-refractivity contribution is 5.87. The third kappa shape index (κ3) is 3.92. The lowest BCUT2D eigenvalue weighted by Crippen LogP contribution is -2.52. The molecular formula is C9H18N2O2. The van der Waals surface area contributed by atoms with Crippen molar-refractivity contribution < 1.29 is 9.59 Å². The predicted molar refractivity (Wildman–Crippen MR) is 51.1 cm³/mol. The second kappa shape index (κ2) is 4.25. The highest BCUT2D eigenvalue weighted by atomic mass is 16.2. The van der Waals surface area contributed by atoms with Crippen molar-refractivity contribution >= 4 is 11.8 Å². The van der Waals surface area contributed by atoms with Gasteiger partial charge in [0.25, 0.3) is 0 Å². The van der Waals surface area contributed by atoms with Crippen molar-refractivity contribution in [2.75, 3.05) is 7.05 Å². The molecule has 2 N–H and O–H groups in total. The van der Waals surface area contributed by atoms with Crippen LogP contribution in [-0.4, -0.2) is 24.9 Å². The summed E-state index contributed by atoms with van der Waals surface area (Å²) in [6.07, 6.45) is 0. The highest BCUT2D eigenvalue weighted by Crippen LogP contribution is 2.19. The van der Waals surface area contributed by atoms with Gasteiger partial charge in [0, 0.05) is 14.0 Å². The standard InChI is InChI=1S/C9H18N2O2/c1-6(12)11-7(8(13)10-5)9(2,3)4/h7H,1-5H3,(H,10,13)(H,11,12)/t7-/m1/s1. The third-order valence-corrected chi connectivity index (χ3v) is 1.72. The molecule has 2 amide bonds. The van der Waals surface area contributed by atoms with E-state index in [2.05, 4.69) is 10.6 Å². The van der Waals surface area contributed by atoms with Crippen LogP contribution in [0.2, 0.25) is 0 Å². The zero-order chi connectivity index (χ0) is 10.6. The Labute approximate surface area is 79.1 Å². The summed E-state index contributed by atoms with van der Waals surface area (Å²) in [5.41, 5.74) is -0.272. The summed E-state index contributed by atoms with van der Waals surface area (Å²) in [5.74, 6) is -0.355. The largest absolute Gasteiger partial charge is 0.357 e. The quantitative estimate of drug-likeness (QED) is 0.651. The van der Waals surface area contributed by atoms with Crippen molar-refractivity contribution in [1.82, 2.24) is 10.6 Å². The van der Waals surface area contributed by atoms with Crippen LogP contribution < -0.4 is 10.6 Å². The fourth-order valence-corrected chi connectivity index (χ4v) is 1.02. The summed E-state index contributed by atoms with van der Waals surface area (Å²) in [7, 11) is 1.56. The lowest BCUT2D eigenvalue weighted by atomic mass is 9.86. The number of carbonyl (C=O) groups is 2. The second-order valence-corrected chi connectivity index (χ2v) is 4.11. The van der Waals surface area contributed by atoms with Gasteiger partial charge in [-0.3, -0.25) is 9.59 Å². The van der Waals surface area contributed by atoms with Gasteiger partial charge in [-0.15, -0.1) is 0 Å². The molecule has 0 aromatic heterocycles. The molecule has 0 fully saturated rings. The maximum atomic E-state index is 11.4. The van der Waals surface area contributed by atoms with Gasteiger partial charge in [0.15, 0.2) is 0 Å². The van der Waals surface area contributed by atoms with Crippen LogP contribution in [0, 0.1) is 5.41 Å². The van der Waals surface area contributed by atoms with Gasteiger partial charge in [-0.25, -0.2) is 0 Å². The number of carbonyl (C=O) groups excluding carboxylic acids is 2. The molecule has 0 bridgehead atoms. The third-order valence-electron chi connectivity index (χ3n) is 1.72. The number of rotatable bonds is 2. The first-order valence-corrected chi connectivity index (χ1v) is 4.27. The molecule has 0 saturated heterocycles. The van der Waals surface area contributed by atoms with Crippen LogP contribution in [0.25, 0.3) is 0 Å². The molecule has 13 heavy (non-hydrogen) atoms. The van der Waals surface area contributed by atoms with E-state index >= 15 is 0 Å². The van der Waals surface area contributed by atoms with Gasteiger partial charge in [-0.1, -0.05) is 20.8 Å². The van der Waals surface area contributed by atoms with Crippen LogP contribution in [0.1, 0.15) is 27.7 Å². The Kier molecular flexibility index (Phi) is 3.91. The molecule has 0 unspecified atom stereocenters. The number of hydrogen-bond donors (Lipinski definition) is 2. The monoisotopic (exact) mass is 186 g/mol. The average molecular weight is 186 g/mol. The van der Waals surface area contributed by atoms with E-state index in [-0.39, 0.29) is 17.2 Å². The maximum Gasteiger partial charge on any atom is 0.242 e. The summed E-state index contributed by atoms with van der Waals surface area (Å²) in [6.45, 7) is 7.12. The molecule has 0 saturated carbocycles. The molecule has 1 atom stereocenters. The maximum absolute atomic E-state index is 11.4. The molecule has 0 radical (unpaired) electrons. The van der Waals surface area contributed by atoms with Gasteiger partial charge in [-0.2, -0.15) is 0 Å². The molecule has 0 rings (SSSR count). The van der Waals surface area contributed by atoms with E-state index in [1.807, 2.05) is 20.8 Å². The molecule has 4 nitrogen and oxygen atoms in total. The van der Waals surface area contributed by atoms with Gasteiger partial charge in [0.2, 0.25) is 11.8 Å². The number of hydrogen-bond acceptors (Lipinski definition) is 2. The van der Waals surface area contributed by atoms with E-state index in [4.69, 9.17) is 0 Å². The van der Waals surface area contributed by atoms with Crippen LogP contribution in [-0.2, 0) is 9.59 Å². The Bertz CT molecular complexity index is 206. The fraction of sp³-hybridized carbons (Fsp3) is 0.778. The summed E-state index contributed by atoms with van der Waals surface area (Å²) in [4.78, 5) is 22.2. The molecule has 0 aliphatic heterocycles. The van der Waals surface area contributed by atoms with Gasteiger partial charge in [0.1, 0.15) is 6.04 Å². The summed E-state index contributed by atoms with van der Waals surface area (Å²) in [5, 5.41) is 5.14. The van der Waals surface area contributed by atoms with E-state index in [9.17, 15) is 9.59 Å². The Morgan fingerprint density at radius 1 is 1.23 bits per heavy atom. The smallest absolute Gasteiger partial charge is 0.242 e. The molecule has 0 aliphatic rings. The Balaban J connectivity index is 4.56. The number of amides is 2. The molecule has 0 aromatic carbocycles. The molecular weight excluding hydrogens is 168 g/mol. The van der Waals surface area contributed by atoms with Gasteiger partial charge >= 0.3 is 0 Å². The van der Waals surface area contributed by atoms with Crippen molar-refractivity contribution in [2.24, 2.45) is 5.41 Å². The first-order chi connectivity index (χ1) is 5.79. The average Bonchev–Trinajstić information content (AvgIpc) is 1.96. The second-order valence-electron chi connectivity index (χ2n) is 4.11. The Morgan fingerprint density at radius 3 is 1.92 bits per heavy atom. The lowest BCUT2D eigenvalue weighted by Gasteiger charge is -2.29. The Hall–Kier alpha value is -1.06. The highest BCUT2D eigenvalue weighted by Gasteiger charge is 2.30. The van der Waals surface area contributed by atoms with E-state index in [0.29, 0.717) is 0 Å². The minimum atomic E-state index is -0.477. The van der Waals surface area contributed by atoms with Crippen molar-refractivity contribution in [1.29, 1.82) is 0 Å². The van der Waals surface area contributed by atoms with Gasteiger partial charge < -0.3 is 10.6 Å². The van der Waals surface area contributed by atoms with Crippen molar-refractivity contribution in [3.63, 3.8) is 0 Å². The zero-order valence-electron chi connectivity index (χ0n) is 8.89. The van der Waals surface area contributed by atoms with E-state index in [0.717, 1.165) is 0 Å². The first-order valence-electron chi connectivity index (χ1n) is 4.27. The molecule has 76 valence electrons. The van der Waals surface area contributed by atoms with Crippen LogP contribution in [0.15, 0.2) is 0 Å². The molecule has 0 aliphatic carbocycles. The first kappa shape index (κ1) is 11.9. The summed E-state index contributed by atoms with van der Waals surface area (Å²) in [6, 6.07) is -0.477. The molecule has 0 heterocycles. The zero-order valence-corrected chi connectivity index (χ0v) is 8.89. The van der Waals surface area contributed by atoms with Crippen LogP contribution in [0.5, 0.6) is 0 Å². The fourth-order valence-electron chi connectivity index (χ4n) is 1.02. The Morgan fingerprint density at radius 2 is 1.69 bits per heavy atom. The lowest BCUT2D eigenvalue weighted by molar-refractivity contribution is -0.130. The van der Waals surface area contributed by atoms with Crippen molar-refractivity contribution in [2.45, 2.75) is 33.7 Å². The number of nitrogens with one attached hydrogen (secondary N) is 2. The van der Waals surface area contributed by atoms with Crippen LogP contribution >= 0.6 is 0 Å². The SMILES string of the molecule is CNC(=O)[C@@H](NC(C)=O)C(C)(C)C. The molecule has 0 aromatic rings. The van der Waals surface area contributed by atoms with Crippen molar-refractivity contribution in [3.8, 4) is 0 Å². The van der Waals surface area contributed by atoms with E-state index < -0.39 is 6.04 Å². The normalized spacial score (nSPS) is 13.3. The number of likely N-dealkylation sites (N-methyl/N-ethyl adjacent to an activating group) is 1. The van der Waals surface area contributed by atoms with Gasteiger partial charge in [0.05, 0.1) is 0 Å². The van der Waals surface area contributed by atoms with Crippen LogP contribution in [0.3, 0.4) is 0 Å². The minimum Gasteiger partial charge on any atom is -0.357 e. The summed E-state index contributed by atoms with van der Waals surface area (Å²) >= 11 is 0.